The number of hydrazine groups is 1. The van der Waals surface area contributed by atoms with Crippen LogP contribution in [0, 0.1) is 0 Å². The second kappa shape index (κ2) is 6.39. The molecule has 0 aliphatic heterocycles. The molecule has 0 unspecified atom stereocenters. The van der Waals surface area contributed by atoms with Crippen LogP contribution in [0.4, 0.5) is 0 Å². The van der Waals surface area contributed by atoms with Crippen LogP contribution in [0.1, 0.15) is 26.0 Å². The Morgan fingerprint density at radius 1 is 1.65 bits per heavy atom. The van der Waals surface area contributed by atoms with Crippen LogP contribution in [0.15, 0.2) is 36.1 Å². The Morgan fingerprint density at radius 2 is 2.35 bits per heavy atom. The van der Waals surface area contributed by atoms with Crippen LogP contribution in [0.2, 0.25) is 5.02 Å². The molecule has 0 aliphatic carbocycles. The lowest BCUT2D eigenvalue weighted by atomic mass is 10.1. The van der Waals surface area contributed by atoms with E-state index in [0.29, 0.717) is 21.6 Å². The number of pyridine rings is 1. The first-order valence-electron chi connectivity index (χ1n) is 5.31. The van der Waals surface area contributed by atoms with Crippen LogP contribution >= 0.6 is 11.6 Å². The Bertz CT molecular complexity index is 441. The van der Waals surface area contributed by atoms with Gasteiger partial charge in [-0.1, -0.05) is 30.2 Å². The largest absolute Gasteiger partial charge is 0.273 e. The Kier molecular flexibility index (Phi) is 5.15. The smallest absolute Gasteiger partial charge is 0.109 e. The second-order valence-corrected chi connectivity index (χ2v) is 3.83. The van der Waals surface area contributed by atoms with Crippen molar-refractivity contribution in [2.45, 2.75) is 20.3 Å². The maximum Gasteiger partial charge on any atom is 0.109 e. The van der Waals surface area contributed by atoms with Crippen molar-refractivity contribution in [2.24, 2.45) is 5.84 Å². The zero-order valence-electron chi connectivity index (χ0n) is 9.89. The van der Waals surface area contributed by atoms with E-state index in [2.05, 4.69) is 4.98 Å². The number of nitrogens with two attached hydrogens (primary N) is 1. The fourth-order valence-corrected chi connectivity index (χ4v) is 1.60. The van der Waals surface area contributed by atoms with Crippen molar-refractivity contribution in [3.05, 3.63) is 46.8 Å². The highest BCUT2D eigenvalue weighted by atomic mass is 35.5. The van der Waals surface area contributed by atoms with Gasteiger partial charge in [-0.05, 0) is 31.6 Å². The lowest BCUT2D eigenvalue weighted by molar-refractivity contribution is -0.0288. The van der Waals surface area contributed by atoms with Crippen LogP contribution in [-0.4, -0.2) is 15.4 Å². The number of aromatic nitrogens is 1. The normalized spacial score (nSPS) is 12.8. The SMILES string of the molecule is C/C=C(\C=C(\c1ncccc1Cl)N(N)O)CC. The minimum atomic E-state index is 0.366. The van der Waals surface area contributed by atoms with E-state index in [9.17, 15) is 5.21 Å². The molecule has 17 heavy (non-hydrogen) atoms. The standard InChI is InChI=1S/C12H16ClN3O/c1-3-9(4-2)8-11(16(14)17)12-10(13)6-5-7-15-12/h3,5-8,17H,4,14H2,1-2H3/b9-3-,11-8-. The summed E-state index contributed by atoms with van der Waals surface area (Å²) in [4.78, 5) is 4.11. The number of rotatable bonds is 4. The molecule has 0 saturated heterocycles. The molecule has 0 amide bonds. The topological polar surface area (TPSA) is 62.4 Å². The first-order valence-corrected chi connectivity index (χ1v) is 5.69. The third kappa shape index (κ3) is 3.56. The molecule has 1 aromatic rings. The predicted octanol–water partition coefficient (Wildman–Crippen LogP) is 3.00. The lowest BCUT2D eigenvalue weighted by Gasteiger charge is -2.15. The number of hydrogen-bond donors (Lipinski definition) is 2. The first-order chi connectivity index (χ1) is 8.10. The van der Waals surface area contributed by atoms with Crippen LogP contribution in [-0.2, 0) is 0 Å². The molecule has 3 N–H and O–H groups in total. The summed E-state index contributed by atoms with van der Waals surface area (Å²) in [6.07, 6.45) is 6.13. The van der Waals surface area contributed by atoms with E-state index in [4.69, 9.17) is 17.4 Å². The molecule has 0 atom stereocenters. The van der Waals surface area contributed by atoms with E-state index in [-0.39, 0.29) is 0 Å². The van der Waals surface area contributed by atoms with Gasteiger partial charge in [-0.25, -0.2) is 5.84 Å². The van der Waals surface area contributed by atoms with Crippen molar-refractivity contribution >= 4 is 17.3 Å². The maximum atomic E-state index is 9.45. The van der Waals surface area contributed by atoms with Crippen molar-refractivity contribution in [3.8, 4) is 0 Å². The summed E-state index contributed by atoms with van der Waals surface area (Å²) in [6, 6.07) is 3.42. The van der Waals surface area contributed by atoms with Gasteiger partial charge in [0.1, 0.15) is 11.4 Å². The van der Waals surface area contributed by atoms with Gasteiger partial charge >= 0.3 is 0 Å². The molecule has 4 nitrogen and oxygen atoms in total. The van der Waals surface area contributed by atoms with Crippen molar-refractivity contribution < 1.29 is 5.21 Å². The molecular formula is C12H16ClN3O. The number of allylic oxidation sites excluding steroid dienone is 3. The van der Waals surface area contributed by atoms with E-state index in [1.807, 2.05) is 19.9 Å². The second-order valence-electron chi connectivity index (χ2n) is 3.43. The average Bonchev–Trinajstić information content (AvgIpc) is 2.32. The number of nitrogens with zero attached hydrogens (tertiary/aromatic N) is 2. The van der Waals surface area contributed by atoms with Crippen molar-refractivity contribution in [1.29, 1.82) is 0 Å². The maximum absolute atomic E-state index is 9.45. The Hall–Kier alpha value is -1.36. The van der Waals surface area contributed by atoms with Crippen molar-refractivity contribution in [1.82, 2.24) is 10.2 Å². The van der Waals surface area contributed by atoms with Gasteiger partial charge in [-0.3, -0.25) is 10.2 Å². The third-order valence-corrected chi connectivity index (χ3v) is 2.65. The van der Waals surface area contributed by atoms with Gasteiger partial charge < -0.3 is 0 Å². The van der Waals surface area contributed by atoms with E-state index in [1.165, 1.54) is 0 Å². The third-order valence-electron chi connectivity index (χ3n) is 2.35. The van der Waals surface area contributed by atoms with Gasteiger partial charge in [0.15, 0.2) is 0 Å². The zero-order chi connectivity index (χ0) is 12.8. The summed E-state index contributed by atoms with van der Waals surface area (Å²) in [5, 5.41) is 10.4. The van der Waals surface area contributed by atoms with Gasteiger partial charge in [-0.2, -0.15) is 5.17 Å². The molecule has 1 aromatic heterocycles. The molecule has 0 fully saturated rings. The molecule has 0 saturated carbocycles. The summed E-state index contributed by atoms with van der Waals surface area (Å²) in [6.45, 7) is 3.94. The Labute approximate surface area is 106 Å². The fraction of sp³-hybridized carbons (Fsp3) is 0.250. The van der Waals surface area contributed by atoms with Crippen molar-refractivity contribution in [3.63, 3.8) is 0 Å². The quantitative estimate of drug-likeness (QED) is 0.492. The zero-order valence-corrected chi connectivity index (χ0v) is 10.6. The van der Waals surface area contributed by atoms with E-state index < -0.39 is 0 Å². The fourth-order valence-electron chi connectivity index (χ4n) is 1.38. The molecule has 92 valence electrons. The number of hydroxylamine groups is 1. The highest BCUT2D eigenvalue weighted by molar-refractivity contribution is 6.32. The number of hydrogen-bond acceptors (Lipinski definition) is 4. The molecule has 1 rings (SSSR count). The van der Waals surface area contributed by atoms with Gasteiger partial charge in [-0.15, -0.1) is 0 Å². The molecule has 0 aliphatic rings. The van der Waals surface area contributed by atoms with Crippen molar-refractivity contribution in [2.75, 3.05) is 0 Å². The van der Waals surface area contributed by atoms with Crippen LogP contribution in [0.5, 0.6) is 0 Å². The molecule has 0 aromatic carbocycles. The lowest BCUT2D eigenvalue weighted by Crippen LogP contribution is -2.25. The molecule has 5 heteroatoms. The van der Waals surface area contributed by atoms with Gasteiger partial charge in [0.25, 0.3) is 0 Å². The van der Waals surface area contributed by atoms with Gasteiger partial charge in [0.2, 0.25) is 0 Å². The minimum Gasteiger partial charge on any atom is -0.273 e. The summed E-state index contributed by atoms with van der Waals surface area (Å²) in [7, 11) is 0. The molecule has 0 bridgehead atoms. The first kappa shape index (κ1) is 13.7. The highest BCUT2D eigenvalue weighted by Crippen LogP contribution is 2.23. The monoisotopic (exact) mass is 253 g/mol. The molecular weight excluding hydrogens is 238 g/mol. The van der Waals surface area contributed by atoms with Crippen LogP contribution < -0.4 is 5.84 Å². The molecule has 0 spiro atoms. The summed E-state index contributed by atoms with van der Waals surface area (Å²) in [5.41, 5.74) is 1.85. The summed E-state index contributed by atoms with van der Waals surface area (Å²) >= 11 is 6.02. The number of halogens is 1. The van der Waals surface area contributed by atoms with Crippen LogP contribution in [0.25, 0.3) is 5.70 Å². The average molecular weight is 254 g/mol. The predicted molar refractivity (Wildman–Crippen MR) is 69.1 cm³/mol. The van der Waals surface area contributed by atoms with Gasteiger partial charge in [0, 0.05) is 6.20 Å². The van der Waals surface area contributed by atoms with Crippen LogP contribution in [0.3, 0.4) is 0 Å². The summed E-state index contributed by atoms with van der Waals surface area (Å²) < 4.78 is 0. The minimum absolute atomic E-state index is 0.366. The van der Waals surface area contributed by atoms with E-state index >= 15 is 0 Å². The molecule has 1 heterocycles. The summed E-state index contributed by atoms with van der Waals surface area (Å²) in [5.74, 6) is 5.39. The van der Waals surface area contributed by atoms with E-state index in [0.717, 1.165) is 12.0 Å². The highest BCUT2D eigenvalue weighted by Gasteiger charge is 2.12. The molecule has 0 radical (unpaired) electrons. The Balaban J connectivity index is 3.24. The van der Waals surface area contributed by atoms with Gasteiger partial charge in [0.05, 0.1) is 5.02 Å². The Morgan fingerprint density at radius 3 is 2.82 bits per heavy atom. The van der Waals surface area contributed by atoms with E-state index in [1.54, 1.807) is 24.4 Å².